The molecule has 1 amide bonds. The van der Waals surface area contributed by atoms with Gasteiger partial charge in [-0.25, -0.2) is 4.39 Å². The molecule has 0 bridgehead atoms. The number of aromatic nitrogens is 1. The van der Waals surface area contributed by atoms with Crippen LogP contribution in [0.15, 0.2) is 42.7 Å². The zero-order valence-electron chi connectivity index (χ0n) is 11.6. The Morgan fingerprint density at radius 2 is 2.14 bits per heavy atom. The third kappa shape index (κ3) is 4.25. The van der Waals surface area contributed by atoms with E-state index < -0.39 is 5.82 Å². The third-order valence-corrected chi connectivity index (χ3v) is 4.01. The molecule has 0 radical (unpaired) electrons. The molecule has 1 aromatic heterocycles. The fourth-order valence-corrected chi connectivity index (χ4v) is 2.64. The highest BCUT2D eigenvalue weighted by atomic mass is 35.5. The highest BCUT2D eigenvalue weighted by Crippen LogP contribution is 2.22. The van der Waals surface area contributed by atoms with E-state index in [1.54, 1.807) is 11.8 Å². The third-order valence-electron chi connectivity index (χ3n) is 3.07. The summed E-state index contributed by atoms with van der Waals surface area (Å²) in [5.74, 6) is 0.238. The standard InChI is InChI=1S/C15H16ClFN2OS/c1-21-9-6-14(19-7-2-3-8-19)15(20)18-11-4-5-13(17)12(16)10-11/h2-5,7-8,10,14H,6,9H2,1H3,(H,18,20)/t14-/m1/s1. The Kier molecular flexibility index (Phi) is 5.70. The molecule has 21 heavy (non-hydrogen) atoms. The summed E-state index contributed by atoms with van der Waals surface area (Å²) >= 11 is 7.42. The molecule has 0 aliphatic rings. The van der Waals surface area contributed by atoms with E-state index in [-0.39, 0.29) is 17.0 Å². The molecule has 0 aliphatic heterocycles. The molecule has 0 fully saturated rings. The predicted octanol–water partition coefficient (Wildman–Crippen LogP) is 4.21. The van der Waals surface area contributed by atoms with Gasteiger partial charge >= 0.3 is 0 Å². The van der Waals surface area contributed by atoms with Gasteiger partial charge in [-0.2, -0.15) is 11.8 Å². The zero-order valence-corrected chi connectivity index (χ0v) is 13.1. The minimum absolute atomic E-state index is 0.00516. The molecule has 0 aliphatic carbocycles. The second kappa shape index (κ2) is 7.52. The number of thioether (sulfide) groups is 1. The number of nitrogens with one attached hydrogen (secondary N) is 1. The highest BCUT2D eigenvalue weighted by Gasteiger charge is 2.19. The smallest absolute Gasteiger partial charge is 0.247 e. The van der Waals surface area contributed by atoms with Crippen molar-refractivity contribution in [3.63, 3.8) is 0 Å². The van der Waals surface area contributed by atoms with Crippen LogP contribution < -0.4 is 5.32 Å². The number of anilines is 1. The van der Waals surface area contributed by atoms with Crippen molar-refractivity contribution in [3.05, 3.63) is 53.6 Å². The van der Waals surface area contributed by atoms with Crippen molar-refractivity contribution in [1.82, 2.24) is 4.57 Å². The molecule has 1 aromatic carbocycles. The molecule has 6 heteroatoms. The largest absolute Gasteiger partial charge is 0.342 e. The molecular formula is C15H16ClFN2OS. The van der Waals surface area contributed by atoms with Gasteiger partial charge in [0.1, 0.15) is 11.9 Å². The normalized spacial score (nSPS) is 12.1. The molecule has 112 valence electrons. The fourth-order valence-electron chi connectivity index (χ4n) is 2.00. The molecule has 3 nitrogen and oxygen atoms in total. The minimum atomic E-state index is -0.501. The second-order valence-corrected chi connectivity index (χ2v) is 5.94. The lowest BCUT2D eigenvalue weighted by Gasteiger charge is -2.18. The van der Waals surface area contributed by atoms with Crippen molar-refractivity contribution in [1.29, 1.82) is 0 Å². The summed E-state index contributed by atoms with van der Waals surface area (Å²) in [5.41, 5.74) is 0.493. The number of hydrogen-bond donors (Lipinski definition) is 1. The van der Waals surface area contributed by atoms with Gasteiger partial charge in [0.05, 0.1) is 5.02 Å². The molecule has 1 heterocycles. The first-order valence-electron chi connectivity index (χ1n) is 6.49. The minimum Gasteiger partial charge on any atom is -0.342 e. The van der Waals surface area contributed by atoms with Gasteiger partial charge in [-0.1, -0.05) is 11.6 Å². The van der Waals surface area contributed by atoms with E-state index in [0.717, 1.165) is 12.2 Å². The average Bonchev–Trinajstić information content (AvgIpc) is 2.97. The van der Waals surface area contributed by atoms with Gasteiger partial charge in [-0.3, -0.25) is 4.79 Å². The summed E-state index contributed by atoms with van der Waals surface area (Å²) in [7, 11) is 0. The summed E-state index contributed by atoms with van der Waals surface area (Å²) in [6, 6.07) is 7.62. The first kappa shape index (κ1) is 15.9. The quantitative estimate of drug-likeness (QED) is 0.862. The van der Waals surface area contributed by atoms with Crippen LogP contribution in [0.5, 0.6) is 0 Å². The van der Waals surface area contributed by atoms with Crippen molar-refractivity contribution >= 4 is 35.0 Å². The molecule has 0 saturated heterocycles. The molecular weight excluding hydrogens is 311 g/mol. The fraction of sp³-hybridized carbons (Fsp3) is 0.267. The average molecular weight is 327 g/mol. The second-order valence-electron chi connectivity index (χ2n) is 4.55. The van der Waals surface area contributed by atoms with Gasteiger partial charge in [0.2, 0.25) is 5.91 Å². The first-order valence-corrected chi connectivity index (χ1v) is 8.26. The maximum Gasteiger partial charge on any atom is 0.247 e. The molecule has 2 rings (SSSR count). The summed E-state index contributed by atoms with van der Waals surface area (Å²) in [4.78, 5) is 12.4. The molecule has 2 aromatic rings. The van der Waals surface area contributed by atoms with E-state index in [2.05, 4.69) is 5.32 Å². The Hall–Kier alpha value is -1.46. The van der Waals surface area contributed by atoms with Gasteiger partial charge in [-0.05, 0) is 48.8 Å². The lowest BCUT2D eigenvalue weighted by molar-refractivity contribution is -0.119. The number of halogens is 2. The van der Waals surface area contributed by atoms with Crippen molar-refractivity contribution in [2.75, 3.05) is 17.3 Å². The Bertz CT molecular complexity index is 604. The van der Waals surface area contributed by atoms with Gasteiger partial charge in [0, 0.05) is 18.1 Å². The van der Waals surface area contributed by atoms with Crippen LogP contribution in [0.25, 0.3) is 0 Å². The monoisotopic (exact) mass is 326 g/mol. The molecule has 0 unspecified atom stereocenters. The van der Waals surface area contributed by atoms with Crippen molar-refractivity contribution in [3.8, 4) is 0 Å². The van der Waals surface area contributed by atoms with Crippen LogP contribution in [0.2, 0.25) is 5.02 Å². The topological polar surface area (TPSA) is 34.0 Å². The van der Waals surface area contributed by atoms with Crippen LogP contribution in [0.4, 0.5) is 10.1 Å². The van der Waals surface area contributed by atoms with Gasteiger partial charge in [-0.15, -0.1) is 0 Å². The van der Waals surface area contributed by atoms with Crippen molar-refractivity contribution in [2.24, 2.45) is 0 Å². The van der Waals surface area contributed by atoms with Crippen LogP contribution >= 0.6 is 23.4 Å². The summed E-state index contributed by atoms with van der Waals surface area (Å²) in [6.45, 7) is 0. The Morgan fingerprint density at radius 3 is 2.76 bits per heavy atom. The number of benzene rings is 1. The van der Waals surface area contributed by atoms with Gasteiger partial charge in [0.15, 0.2) is 0 Å². The Balaban J connectivity index is 2.12. The van der Waals surface area contributed by atoms with Gasteiger partial charge < -0.3 is 9.88 Å². The van der Waals surface area contributed by atoms with Crippen LogP contribution in [0.1, 0.15) is 12.5 Å². The molecule has 1 atom stereocenters. The van der Waals surface area contributed by atoms with E-state index in [0.29, 0.717) is 5.69 Å². The van der Waals surface area contributed by atoms with E-state index in [4.69, 9.17) is 11.6 Å². The van der Waals surface area contributed by atoms with Crippen molar-refractivity contribution < 1.29 is 9.18 Å². The van der Waals surface area contributed by atoms with Crippen LogP contribution in [-0.2, 0) is 4.79 Å². The SMILES string of the molecule is CSCC[C@H](C(=O)Nc1ccc(F)c(Cl)c1)n1cccc1. The number of hydrogen-bond acceptors (Lipinski definition) is 2. The number of amides is 1. The maximum absolute atomic E-state index is 13.1. The van der Waals surface area contributed by atoms with Crippen LogP contribution in [-0.4, -0.2) is 22.5 Å². The van der Waals surface area contributed by atoms with E-state index in [9.17, 15) is 9.18 Å². The zero-order chi connectivity index (χ0) is 15.2. The molecule has 0 spiro atoms. The Labute approximate surface area is 132 Å². The lowest BCUT2D eigenvalue weighted by atomic mass is 10.2. The predicted molar refractivity (Wildman–Crippen MR) is 86.5 cm³/mol. The molecule has 1 N–H and O–H groups in total. The molecule has 0 saturated carbocycles. The van der Waals surface area contributed by atoms with Crippen LogP contribution in [0, 0.1) is 5.82 Å². The lowest BCUT2D eigenvalue weighted by Crippen LogP contribution is -2.25. The summed E-state index contributed by atoms with van der Waals surface area (Å²) in [6.07, 6.45) is 6.45. The number of rotatable bonds is 6. The van der Waals surface area contributed by atoms with Gasteiger partial charge in [0.25, 0.3) is 0 Å². The maximum atomic E-state index is 13.1. The van der Waals surface area contributed by atoms with E-state index in [1.165, 1.54) is 18.2 Å². The van der Waals surface area contributed by atoms with Crippen molar-refractivity contribution in [2.45, 2.75) is 12.5 Å². The number of nitrogens with zero attached hydrogens (tertiary/aromatic N) is 1. The number of carbonyl (C=O) groups excluding carboxylic acids is 1. The van der Waals surface area contributed by atoms with E-state index >= 15 is 0 Å². The Morgan fingerprint density at radius 1 is 1.43 bits per heavy atom. The highest BCUT2D eigenvalue weighted by molar-refractivity contribution is 7.98. The van der Waals surface area contributed by atoms with E-state index in [1.807, 2.05) is 35.3 Å². The first-order chi connectivity index (χ1) is 10.1. The summed E-state index contributed by atoms with van der Waals surface area (Å²) < 4.78 is 15.0. The number of carbonyl (C=O) groups is 1. The summed E-state index contributed by atoms with van der Waals surface area (Å²) in [5, 5.41) is 2.78. The van der Waals surface area contributed by atoms with Crippen LogP contribution in [0.3, 0.4) is 0 Å².